The molecule has 3 rings (SSSR count). The second-order valence-corrected chi connectivity index (χ2v) is 4.75. The van der Waals surface area contributed by atoms with Gasteiger partial charge in [-0.1, -0.05) is 18.2 Å². The lowest BCUT2D eigenvalue weighted by Gasteiger charge is -2.27. The zero-order chi connectivity index (χ0) is 12.5. The standard InChI is InChI=1S/C14H15NO3/c16-14(17)9-5-6-15-12(7-9)11-8-18-13-4-2-1-3-10(11)13/h1-4,8-9,12,15H,5-7H2,(H,16,17). The summed E-state index contributed by atoms with van der Waals surface area (Å²) in [5.74, 6) is -0.959. The number of para-hydroxylation sites is 1. The van der Waals surface area contributed by atoms with Gasteiger partial charge in [0.15, 0.2) is 0 Å². The molecule has 0 saturated carbocycles. The van der Waals surface area contributed by atoms with E-state index in [9.17, 15) is 4.79 Å². The number of benzene rings is 1. The van der Waals surface area contributed by atoms with Crippen molar-refractivity contribution >= 4 is 16.9 Å². The molecule has 0 amide bonds. The summed E-state index contributed by atoms with van der Waals surface area (Å²) < 4.78 is 5.51. The Labute approximate surface area is 105 Å². The number of carboxylic acid groups (broad SMARTS) is 1. The molecule has 0 spiro atoms. The highest BCUT2D eigenvalue weighted by molar-refractivity contribution is 5.81. The Hall–Kier alpha value is -1.81. The Morgan fingerprint density at radius 2 is 2.22 bits per heavy atom. The van der Waals surface area contributed by atoms with E-state index in [4.69, 9.17) is 9.52 Å². The fraction of sp³-hybridized carbons (Fsp3) is 0.357. The molecule has 1 aromatic heterocycles. The maximum Gasteiger partial charge on any atom is 0.306 e. The summed E-state index contributed by atoms with van der Waals surface area (Å²) in [5.41, 5.74) is 1.92. The van der Waals surface area contributed by atoms with Crippen LogP contribution >= 0.6 is 0 Å². The molecule has 1 saturated heterocycles. The average molecular weight is 245 g/mol. The molecule has 1 aliphatic rings. The fourth-order valence-corrected chi connectivity index (χ4v) is 2.65. The van der Waals surface area contributed by atoms with Crippen molar-refractivity contribution in [3.05, 3.63) is 36.1 Å². The van der Waals surface area contributed by atoms with Gasteiger partial charge in [-0.3, -0.25) is 4.79 Å². The SMILES string of the molecule is O=C(O)C1CCNC(c2coc3ccccc23)C1. The zero-order valence-corrected chi connectivity index (χ0v) is 9.93. The molecule has 4 heteroatoms. The summed E-state index contributed by atoms with van der Waals surface area (Å²) in [7, 11) is 0. The summed E-state index contributed by atoms with van der Waals surface area (Å²) in [6.07, 6.45) is 3.06. The van der Waals surface area contributed by atoms with E-state index in [1.165, 1.54) is 0 Å². The maximum atomic E-state index is 11.1. The Morgan fingerprint density at radius 1 is 1.39 bits per heavy atom. The Morgan fingerprint density at radius 3 is 3.06 bits per heavy atom. The molecule has 2 unspecified atom stereocenters. The minimum Gasteiger partial charge on any atom is -0.481 e. The predicted octanol–water partition coefficient (Wildman–Crippen LogP) is 2.56. The van der Waals surface area contributed by atoms with Crippen molar-refractivity contribution < 1.29 is 14.3 Å². The molecule has 0 aliphatic carbocycles. The number of hydrogen-bond acceptors (Lipinski definition) is 3. The average Bonchev–Trinajstić information content (AvgIpc) is 2.82. The van der Waals surface area contributed by atoms with Crippen LogP contribution in [0.1, 0.15) is 24.4 Å². The molecular formula is C14H15NO3. The first-order valence-corrected chi connectivity index (χ1v) is 6.18. The lowest BCUT2D eigenvalue weighted by atomic mass is 9.89. The molecule has 1 fully saturated rings. The van der Waals surface area contributed by atoms with Crippen molar-refractivity contribution in [1.82, 2.24) is 5.32 Å². The van der Waals surface area contributed by atoms with Crippen LogP contribution in [0.4, 0.5) is 0 Å². The molecule has 94 valence electrons. The van der Waals surface area contributed by atoms with Crippen LogP contribution in [0.25, 0.3) is 11.0 Å². The monoisotopic (exact) mass is 245 g/mol. The summed E-state index contributed by atoms with van der Waals surface area (Å²) in [6, 6.07) is 7.92. The fourth-order valence-electron chi connectivity index (χ4n) is 2.65. The third kappa shape index (κ3) is 1.88. The molecule has 0 radical (unpaired) electrons. The number of carboxylic acids is 1. The highest BCUT2D eigenvalue weighted by Crippen LogP contribution is 2.33. The van der Waals surface area contributed by atoms with E-state index in [1.54, 1.807) is 6.26 Å². The van der Waals surface area contributed by atoms with E-state index >= 15 is 0 Å². The summed E-state index contributed by atoms with van der Waals surface area (Å²) in [5, 5.41) is 13.6. The number of fused-ring (bicyclic) bond motifs is 1. The van der Waals surface area contributed by atoms with Crippen molar-refractivity contribution in [3.63, 3.8) is 0 Å². The minimum atomic E-state index is -0.700. The number of carbonyl (C=O) groups is 1. The van der Waals surface area contributed by atoms with Crippen molar-refractivity contribution in [3.8, 4) is 0 Å². The number of aliphatic carboxylic acids is 1. The van der Waals surface area contributed by atoms with Gasteiger partial charge >= 0.3 is 5.97 Å². The van der Waals surface area contributed by atoms with Crippen LogP contribution in [0.15, 0.2) is 34.9 Å². The van der Waals surface area contributed by atoms with Gasteiger partial charge < -0.3 is 14.8 Å². The third-order valence-corrected chi connectivity index (χ3v) is 3.64. The normalized spacial score (nSPS) is 24.2. The quantitative estimate of drug-likeness (QED) is 0.853. The van der Waals surface area contributed by atoms with E-state index < -0.39 is 5.97 Å². The van der Waals surface area contributed by atoms with Crippen LogP contribution in [0.2, 0.25) is 0 Å². The predicted molar refractivity (Wildman–Crippen MR) is 67.3 cm³/mol. The van der Waals surface area contributed by atoms with Crippen molar-refractivity contribution in [2.24, 2.45) is 5.92 Å². The largest absolute Gasteiger partial charge is 0.481 e. The highest BCUT2D eigenvalue weighted by Gasteiger charge is 2.29. The zero-order valence-electron chi connectivity index (χ0n) is 9.93. The van der Waals surface area contributed by atoms with Gasteiger partial charge in [0.2, 0.25) is 0 Å². The summed E-state index contributed by atoms with van der Waals surface area (Å²) >= 11 is 0. The van der Waals surface area contributed by atoms with Gasteiger partial charge in [-0.2, -0.15) is 0 Å². The lowest BCUT2D eigenvalue weighted by Crippen LogP contribution is -2.34. The van der Waals surface area contributed by atoms with Crippen molar-refractivity contribution in [1.29, 1.82) is 0 Å². The van der Waals surface area contributed by atoms with Gasteiger partial charge in [-0.05, 0) is 25.5 Å². The van der Waals surface area contributed by atoms with E-state index in [0.717, 1.165) is 23.1 Å². The van der Waals surface area contributed by atoms with E-state index in [-0.39, 0.29) is 12.0 Å². The van der Waals surface area contributed by atoms with Crippen LogP contribution in [0.5, 0.6) is 0 Å². The van der Waals surface area contributed by atoms with Gasteiger partial charge in [0, 0.05) is 17.0 Å². The molecule has 0 bridgehead atoms. The molecule has 4 nitrogen and oxygen atoms in total. The van der Waals surface area contributed by atoms with Crippen LogP contribution in [0.3, 0.4) is 0 Å². The Balaban J connectivity index is 1.92. The summed E-state index contributed by atoms with van der Waals surface area (Å²) in [4.78, 5) is 11.1. The lowest BCUT2D eigenvalue weighted by molar-refractivity contribution is -0.143. The molecule has 1 aliphatic heterocycles. The Bertz CT molecular complexity index is 575. The highest BCUT2D eigenvalue weighted by atomic mass is 16.4. The Kier molecular flexibility index (Phi) is 2.80. The molecule has 2 N–H and O–H groups in total. The molecule has 2 aromatic rings. The van der Waals surface area contributed by atoms with Gasteiger partial charge in [-0.25, -0.2) is 0 Å². The molecule has 2 atom stereocenters. The number of hydrogen-bond donors (Lipinski definition) is 2. The number of nitrogens with one attached hydrogen (secondary N) is 1. The van der Waals surface area contributed by atoms with Gasteiger partial charge in [0.25, 0.3) is 0 Å². The first-order valence-electron chi connectivity index (χ1n) is 6.18. The number of furan rings is 1. The van der Waals surface area contributed by atoms with Gasteiger partial charge in [-0.15, -0.1) is 0 Å². The van der Waals surface area contributed by atoms with Crippen LogP contribution in [-0.2, 0) is 4.79 Å². The van der Waals surface area contributed by atoms with Crippen LogP contribution < -0.4 is 5.32 Å². The number of piperidine rings is 1. The second kappa shape index (κ2) is 4.46. The third-order valence-electron chi connectivity index (χ3n) is 3.64. The maximum absolute atomic E-state index is 11.1. The van der Waals surface area contributed by atoms with Gasteiger partial charge in [0.1, 0.15) is 5.58 Å². The number of rotatable bonds is 2. The smallest absolute Gasteiger partial charge is 0.306 e. The minimum absolute atomic E-state index is 0.0727. The first kappa shape index (κ1) is 11.3. The van der Waals surface area contributed by atoms with E-state index in [1.807, 2.05) is 24.3 Å². The van der Waals surface area contributed by atoms with Crippen LogP contribution in [0, 0.1) is 5.92 Å². The molecular weight excluding hydrogens is 230 g/mol. The molecule has 2 heterocycles. The molecule has 18 heavy (non-hydrogen) atoms. The van der Waals surface area contributed by atoms with Crippen molar-refractivity contribution in [2.45, 2.75) is 18.9 Å². The van der Waals surface area contributed by atoms with Gasteiger partial charge in [0.05, 0.1) is 12.2 Å². The second-order valence-electron chi connectivity index (χ2n) is 4.75. The van der Waals surface area contributed by atoms with E-state index in [0.29, 0.717) is 12.8 Å². The summed E-state index contributed by atoms with van der Waals surface area (Å²) in [6.45, 7) is 0.737. The van der Waals surface area contributed by atoms with Crippen LogP contribution in [-0.4, -0.2) is 17.6 Å². The van der Waals surface area contributed by atoms with Crippen molar-refractivity contribution in [2.75, 3.05) is 6.54 Å². The topological polar surface area (TPSA) is 62.5 Å². The molecule has 1 aromatic carbocycles. The van der Waals surface area contributed by atoms with E-state index in [2.05, 4.69) is 5.32 Å². The first-order chi connectivity index (χ1) is 8.75.